The average Bonchev–Trinajstić information content (AvgIpc) is 3.18. The van der Waals surface area contributed by atoms with Gasteiger partial charge in [-0.25, -0.2) is 0 Å². The van der Waals surface area contributed by atoms with Crippen molar-refractivity contribution in [1.82, 2.24) is 9.88 Å². The van der Waals surface area contributed by atoms with Gasteiger partial charge in [0.1, 0.15) is 5.75 Å². The number of amides is 1. The second-order valence-corrected chi connectivity index (χ2v) is 10.2. The molecule has 5 rings (SSSR count). The molecule has 0 fully saturated rings. The van der Waals surface area contributed by atoms with E-state index in [4.69, 9.17) is 4.74 Å². The maximum absolute atomic E-state index is 13.2. The van der Waals surface area contributed by atoms with Crippen LogP contribution < -0.4 is 10.1 Å². The van der Waals surface area contributed by atoms with E-state index in [0.29, 0.717) is 12.2 Å². The normalized spacial score (nSPS) is 11.9. The smallest absolute Gasteiger partial charge is 0.251 e. The van der Waals surface area contributed by atoms with Crippen molar-refractivity contribution in [2.24, 2.45) is 0 Å². The highest BCUT2D eigenvalue weighted by Gasteiger charge is 2.16. The molecule has 0 radical (unpaired) electrons. The highest BCUT2D eigenvalue weighted by atomic mass is 16.5. The maximum atomic E-state index is 13.2. The van der Waals surface area contributed by atoms with E-state index in [1.807, 2.05) is 50.2 Å². The fraction of sp³-hybridized carbons (Fsp3) is 0.229. The Morgan fingerprint density at radius 1 is 0.897 bits per heavy atom. The van der Waals surface area contributed by atoms with Crippen LogP contribution in [0.4, 0.5) is 0 Å². The molecule has 5 aromatic rings. The molecule has 0 spiro atoms. The molecular formula is C35H36N2O2. The average molecular weight is 517 g/mol. The van der Waals surface area contributed by atoms with E-state index in [2.05, 4.69) is 85.3 Å². The summed E-state index contributed by atoms with van der Waals surface area (Å²) < 4.78 is 7.96. The van der Waals surface area contributed by atoms with Gasteiger partial charge in [-0.3, -0.25) is 4.79 Å². The molecule has 4 aromatic carbocycles. The Balaban J connectivity index is 1.36. The number of benzene rings is 4. The summed E-state index contributed by atoms with van der Waals surface area (Å²) in [5.41, 5.74) is 10.3. The lowest BCUT2D eigenvalue weighted by Crippen LogP contribution is -2.26. The highest BCUT2D eigenvalue weighted by Crippen LogP contribution is 2.29. The quantitative estimate of drug-likeness (QED) is 0.226. The molecule has 1 heterocycles. The van der Waals surface area contributed by atoms with Crippen molar-refractivity contribution in [3.05, 3.63) is 125 Å². The van der Waals surface area contributed by atoms with Crippen molar-refractivity contribution in [1.29, 1.82) is 0 Å². The zero-order valence-corrected chi connectivity index (χ0v) is 23.4. The number of rotatable bonds is 8. The number of aromatic nitrogens is 1. The Kier molecular flexibility index (Phi) is 7.56. The number of nitrogens with one attached hydrogen (secondary N) is 1. The van der Waals surface area contributed by atoms with Gasteiger partial charge < -0.3 is 14.6 Å². The third-order valence-corrected chi connectivity index (χ3v) is 7.67. The minimum absolute atomic E-state index is 0.0807. The minimum Gasteiger partial charge on any atom is -0.494 e. The number of ether oxygens (including phenoxy) is 1. The van der Waals surface area contributed by atoms with Gasteiger partial charge in [0.2, 0.25) is 0 Å². The van der Waals surface area contributed by atoms with Crippen LogP contribution in [-0.2, 0) is 6.54 Å². The lowest BCUT2D eigenvalue weighted by Gasteiger charge is -2.16. The van der Waals surface area contributed by atoms with E-state index < -0.39 is 0 Å². The third kappa shape index (κ3) is 5.46. The molecular weight excluding hydrogens is 480 g/mol. The summed E-state index contributed by atoms with van der Waals surface area (Å²) in [6.07, 6.45) is 0. The minimum atomic E-state index is -0.135. The van der Waals surface area contributed by atoms with E-state index in [1.165, 1.54) is 33.5 Å². The second-order valence-electron chi connectivity index (χ2n) is 10.2. The zero-order valence-electron chi connectivity index (χ0n) is 23.4. The molecule has 1 N–H and O–H groups in total. The van der Waals surface area contributed by atoms with Crippen LogP contribution in [-0.4, -0.2) is 17.1 Å². The standard InChI is InChI=1S/C35H36N2O2/c1-6-39-31-12-9-11-29(20-31)25(4)36-35(38)30-18-19-34-33(21-30)24(3)26(5)37(34)22-27-14-16-28(17-15-27)32-13-8-7-10-23(32)2/h7-21,25H,6,22H2,1-5H3,(H,36,38)/t25-/m0/s1. The van der Waals surface area contributed by atoms with Crippen LogP contribution in [0.5, 0.6) is 5.75 Å². The van der Waals surface area contributed by atoms with Gasteiger partial charge in [-0.15, -0.1) is 0 Å². The first-order valence-corrected chi connectivity index (χ1v) is 13.6. The molecule has 39 heavy (non-hydrogen) atoms. The first kappa shape index (κ1) is 26.3. The second kappa shape index (κ2) is 11.2. The van der Waals surface area contributed by atoms with Crippen LogP contribution in [0.15, 0.2) is 91.0 Å². The molecule has 1 aromatic heterocycles. The summed E-state index contributed by atoms with van der Waals surface area (Å²) in [7, 11) is 0. The van der Waals surface area contributed by atoms with E-state index in [0.717, 1.165) is 28.8 Å². The molecule has 0 saturated heterocycles. The third-order valence-electron chi connectivity index (χ3n) is 7.67. The Hall–Kier alpha value is -4.31. The zero-order chi connectivity index (χ0) is 27.5. The Bertz CT molecular complexity index is 1630. The molecule has 0 aliphatic rings. The molecule has 4 nitrogen and oxygen atoms in total. The monoisotopic (exact) mass is 516 g/mol. The van der Waals surface area contributed by atoms with Crippen LogP contribution in [0.1, 0.15) is 58.2 Å². The molecule has 0 aliphatic heterocycles. The number of nitrogens with zero attached hydrogens (tertiary/aromatic N) is 1. The summed E-state index contributed by atoms with van der Waals surface area (Å²) >= 11 is 0. The number of hydrogen-bond acceptors (Lipinski definition) is 2. The first-order chi connectivity index (χ1) is 18.9. The lowest BCUT2D eigenvalue weighted by atomic mass is 9.99. The summed E-state index contributed by atoms with van der Waals surface area (Å²) in [5, 5.41) is 4.26. The molecule has 4 heteroatoms. The summed E-state index contributed by atoms with van der Waals surface area (Å²) in [6, 6.07) is 31.1. The van der Waals surface area contributed by atoms with E-state index >= 15 is 0 Å². The van der Waals surface area contributed by atoms with E-state index in [-0.39, 0.29) is 11.9 Å². The van der Waals surface area contributed by atoms with E-state index in [9.17, 15) is 4.79 Å². The number of carbonyl (C=O) groups excluding carboxylic acids is 1. The highest BCUT2D eigenvalue weighted by molar-refractivity contribution is 5.99. The largest absolute Gasteiger partial charge is 0.494 e. The van der Waals surface area contributed by atoms with Gasteiger partial charge in [0.05, 0.1) is 12.6 Å². The first-order valence-electron chi connectivity index (χ1n) is 13.6. The molecule has 198 valence electrons. The molecule has 0 unspecified atom stereocenters. The Labute approximate surface area is 231 Å². The predicted molar refractivity (Wildman–Crippen MR) is 161 cm³/mol. The number of hydrogen-bond donors (Lipinski definition) is 1. The molecule has 0 bridgehead atoms. The van der Waals surface area contributed by atoms with Crippen LogP contribution in [0, 0.1) is 20.8 Å². The molecule has 0 aliphatic carbocycles. The van der Waals surface area contributed by atoms with Gasteiger partial charge in [-0.1, -0.05) is 60.7 Å². The fourth-order valence-corrected chi connectivity index (χ4v) is 5.27. The van der Waals surface area contributed by atoms with Gasteiger partial charge in [0.25, 0.3) is 5.91 Å². The predicted octanol–water partition coefficient (Wildman–Crippen LogP) is 8.17. The van der Waals surface area contributed by atoms with Crippen molar-refractivity contribution in [3.8, 4) is 16.9 Å². The Morgan fingerprint density at radius 3 is 2.41 bits per heavy atom. The topological polar surface area (TPSA) is 43.3 Å². The van der Waals surface area contributed by atoms with Gasteiger partial charge >= 0.3 is 0 Å². The SMILES string of the molecule is CCOc1cccc([C@H](C)NC(=O)c2ccc3c(c2)c(C)c(C)n3Cc2ccc(-c3ccccc3C)cc2)c1. The van der Waals surface area contributed by atoms with Crippen molar-refractivity contribution < 1.29 is 9.53 Å². The molecule has 0 saturated carbocycles. The van der Waals surface area contributed by atoms with Crippen molar-refractivity contribution in [2.45, 2.75) is 47.2 Å². The summed E-state index contributed by atoms with van der Waals surface area (Å²) in [6.45, 7) is 11.8. The van der Waals surface area contributed by atoms with Crippen LogP contribution in [0.2, 0.25) is 0 Å². The van der Waals surface area contributed by atoms with Gasteiger partial charge in [-0.05, 0) is 98.3 Å². The van der Waals surface area contributed by atoms with Crippen molar-refractivity contribution >= 4 is 16.8 Å². The summed E-state index contributed by atoms with van der Waals surface area (Å²) in [5.74, 6) is 0.734. The van der Waals surface area contributed by atoms with Crippen molar-refractivity contribution in [2.75, 3.05) is 6.61 Å². The van der Waals surface area contributed by atoms with Gasteiger partial charge in [-0.2, -0.15) is 0 Å². The Morgan fingerprint density at radius 2 is 1.67 bits per heavy atom. The lowest BCUT2D eigenvalue weighted by molar-refractivity contribution is 0.0940. The fourth-order valence-electron chi connectivity index (χ4n) is 5.27. The van der Waals surface area contributed by atoms with Gasteiger partial charge in [0, 0.05) is 28.7 Å². The van der Waals surface area contributed by atoms with Crippen LogP contribution >= 0.6 is 0 Å². The number of fused-ring (bicyclic) bond motifs is 1. The summed E-state index contributed by atoms with van der Waals surface area (Å²) in [4.78, 5) is 13.2. The van der Waals surface area contributed by atoms with Crippen molar-refractivity contribution in [3.63, 3.8) is 0 Å². The number of aryl methyl sites for hydroxylation is 2. The molecule has 1 amide bonds. The van der Waals surface area contributed by atoms with Crippen LogP contribution in [0.25, 0.3) is 22.0 Å². The number of carbonyl (C=O) groups is 1. The maximum Gasteiger partial charge on any atom is 0.251 e. The van der Waals surface area contributed by atoms with E-state index in [1.54, 1.807) is 0 Å². The molecule has 1 atom stereocenters. The van der Waals surface area contributed by atoms with Crippen LogP contribution in [0.3, 0.4) is 0 Å². The van der Waals surface area contributed by atoms with Gasteiger partial charge in [0.15, 0.2) is 0 Å².